The first-order valence-electron chi connectivity index (χ1n) is 10.7. The molecular formula is C27H22N2O6. The zero-order valence-corrected chi connectivity index (χ0v) is 19.1. The molecule has 0 atom stereocenters. The van der Waals surface area contributed by atoms with Crippen LogP contribution in [0.3, 0.4) is 0 Å². The number of urea groups is 1. The van der Waals surface area contributed by atoms with Gasteiger partial charge < -0.3 is 9.47 Å². The van der Waals surface area contributed by atoms with Gasteiger partial charge in [-0.05, 0) is 48.9 Å². The average Bonchev–Trinajstić information content (AvgIpc) is 2.86. The van der Waals surface area contributed by atoms with Crippen LogP contribution in [0.25, 0.3) is 6.08 Å². The van der Waals surface area contributed by atoms with E-state index in [-0.39, 0.29) is 16.8 Å². The molecule has 4 rings (SSSR count). The maximum atomic E-state index is 13.2. The number of para-hydroxylation sites is 1. The molecule has 8 heteroatoms. The Kier molecular flexibility index (Phi) is 6.73. The molecule has 0 spiro atoms. The number of nitrogens with zero attached hydrogens (tertiary/aromatic N) is 1. The van der Waals surface area contributed by atoms with Crippen LogP contribution in [0.2, 0.25) is 0 Å². The van der Waals surface area contributed by atoms with Gasteiger partial charge in [0.25, 0.3) is 11.8 Å². The Bertz CT molecular complexity index is 1330. The monoisotopic (exact) mass is 470 g/mol. The molecule has 1 heterocycles. The van der Waals surface area contributed by atoms with Crippen molar-refractivity contribution in [3.63, 3.8) is 0 Å². The third kappa shape index (κ3) is 5.11. The number of carbonyl (C=O) groups excluding carboxylic acids is 4. The van der Waals surface area contributed by atoms with Crippen LogP contribution in [0.15, 0.2) is 78.4 Å². The first kappa shape index (κ1) is 23.4. The topological polar surface area (TPSA) is 102 Å². The van der Waals surface area contributed by atoms with Gasteiger partial charge in [-0.1, -0.05) is 48.0 Å². The minimum absolute atomic E-state index is 0.197. The van der Waals surface area contributed by atoms with Crippen LogP contribution in [-0.4, -0.2) is 30.9 Å². The number of amides is 4. The van der Waals surface area contributed by atoms with Crippen LogP contribution in [0, 0.1) is 6.92 Å². The Hall–Kier alpha value is -4.72. The van der Waals surface area contributed by atoms with Crippen molar-refractivity contribution in [2.24, 2.45) is 0 Å². The third-order valence-corrected chi connectivity index (χ3v) is 5.38. The SMILES string of the molecule is COC(=O)c1ccc(N2C(=O)NC(=O)/C(=C\c3ccccc3OCc3ccc(C)cc3)C2=O)cc1. The zero-order chi connectivity index (χ0) is 24.9. The van der Waals surface area contributed by atoms with Crippen LogP contribution in [-0.2, 0) is 20.9 Å². The van der Waals surface area contributed by atoms with Gasteiger partial charge in [0, 0.05) is 5.56 Å². The lowest BCUT2D eigenvalue weighted by Gasteiger charge is -2.26. The molecule has 1 saturated heterocycles. The highest BCUT2D eigenvalue weighted by atomic mass is 16.5. The molecule has 0 bridgehead atoms. The summed E-state index contributed by atoms with van der Waals surface area (Å²) in [7, 11) is 1.25. The fourth-order valence-corrected chi connectivity index (χ4v) is 3.49. The van der Waals surface area contributed by atoms with E-state index in [1.807, 2.05) is 31.2 Å². The predicted molar refractivity (Wildman–Crippen MR) is 129 cm³/mol. The molecular weight excluding hydrogens is 448 g/mol. The molecule has 0 radical (unpaired) electrons. The van der Waals surface area contributed by atoms with E-state index in [1.54, 1.807) is 24.3 Å². The standard InChI is InChI=1S/C27H22N2O6/c1-17-7-9-18(10-8-17)16-35-23-6-4-3-5-20(23)15-22-24(30)28-27(33)29(25(22)31)21-13-11-19(12-14-21)26(32)34-2/h3-15H,16H2,1-2H3,(H,28,30,33)/b22-15+. The van der Waals surface area contributed by atoms with Crippen LogP contribution in [0.1, 0.15) is 27.0 Å². The lowest BCUT2D eigenvalue weighted by molar-refractivity contribution is -0.122. The number of ether oxygens (including phenoxy) is 2. The van der Waals surface area contributed by atoms with Crippen molar-refractivity contribution >= 4 is 35.6 Å². The normalized spacial score (nSPS) is 14.6. The van der Waals surface area contributed by atoms with E-state index in [0.29, 0.717) is 17.9 Å². The molecule has 1 aliphatic rings. The van der Waals surface area contributed by atoms with Crippen molar-refractivity contribution in [1.82, 2.24) is 5.32 Å². The van der Waals surface area contributed by atoms with Crippen LogP contribution < -0.4 is 15.0 Å². The smallest absolute Gasteiger partial charge is 0.337 e. The first-order chi connectivity index (χ1) is 16.9. The Labute approximate surface area is 201 Å². The molecule has 3 aromatic rings. The lowest BCUT2D eigenvalue weighted by Crippen LogP contribution is -2.54. The molecule has 3 aromatic carbocycles. The number of aryl methyl sites for hydroxylation is 1. The number of benzene rings is 3. The van der Waals surface area contributed by atoms with E-state index in [2.05, 4.69) is 10.1 Å². The largest absolute Gasteiger partial charge is 0.488 e. The number of carbonyl (C=O) groups is 4. The van der Waals surface area contributed by atoms with Gasteiger partial charge in [-0.25, -0.2) is 14.5 Å². The number of anilines is 1. The average molecular weight is 470 g/mol. The zero-order valence-electron chi connectivity index (χ0n) is 19.1. The van der Waals surface area contributed by atoms with Gasteiger partial charge in [-0.2, -0.15) is 0 Å². The molecule has 1 N–H and O–H groups in total. The van der Waals surface area contributed by atoms with Crippen molar-refractivity contribution in [2.75, 3.05) is 12.0 Å². The van der Waals surface area contributed by atoms with Crippen molar-refractivity contribution in [1.29, 1.82) is 0 Å². The van der Waals surface area contributed by atoms with Crippen molar-refractivity contribution in [3.05, 3.63) is 101 Å². The first-order valence-corrected chi connectivity index (χ1v) is 10.7. The van der Waals surface area contributed by atoms with Crippen molar-refractivity contribution in [3.8, 4) is 5.75 Å². The Balaban J connectivity index is 1.61. The number of methoxy groups -OCH3 is 1. The van der Waals surface area contributed by atoms with Gasteiger partial charge in [-0.15, -0.1) is 0 Å². The summed E-state index contributed by atoms with van der Waals surface area (Å²) in [6.07, 6.45) is 1.39. The minimum Gasteiger partial charge on any atom is -0.488 e. The fraction of sp³-hybridized carbons (Fsp3) is 0.111. The van der Waals surface area contributed by atoms with E-state index < -0.39 is 23.8 Å². The molecule has 0 unspecified atom stereocenters. The van der Waals surface area contributed by atoms with Crippen molar-refractivity contribution < 1.29 is 28.7 Å². The summed E-state index contributed by atoms with van der Waals surface area (Å²) in [5, 5.41) is 2.19. The number of nitrogens with one attached hydrogen (secondary N) is 1. The molecule has 1 aliphatic heterocycles. The summed E-state index contributed by atoms with van der Waals surface area (Å²) in [6.45, 7) is 2.30. The van der Waals surface area contributed by atoms with Gasteiger partial charge in [0.15, 0.2) is 0 Å². The fourth-order valence-electron chi connectivity index (χ4n) is 3.49. The second-order valence-electron chi connectivity index (χ2n) is 7.81. The van der Waals surface area contributed by atoms with Gasteiger partial charge >= 0.3 is 12.0 Å². The number of barbiturate groups is 1. The molecule has 4 amide bonds. The molecule has 0 saturated carbocycles. The summed E-state index contributed by atoms with van der Waals surface area (Å²) >= 11 is 0. The molecule has 35 heavy (non-hydrogen) atoms. The molecule has 176 valence electrons. The second-order valence-corrected chi connectivity index (χ2v) is 7.81. The maximum absolute atomic E-state index is 13.2. The minimum atomic E-state index is -0.883. The Morgan fingerprint density at radius 1 is 0.943 bits per heavy atom. The summed E-state index contributed by atoms with van der Waals surface area (Å²) in [6, 6.07) is 19.7. The number of hydrogen-bond acceptors (Lipinski definition) is 6. The molecule has 8 nitrogen and oxygen atoms in total. The van der Waals surface area contributed by atoms with Gasteiger partial charge in [0.05, 0.1) is 18.4 Å². The highest BCUT2D eigenvalue weighted by molar-refractivity contribution is 6.39. The third-order valence-electron chi connectivity index (χ3n) is 5.38. The summed E-state index contributed by atoms with van der Waals surface area (Å²) in [4.78, 5) is 50.7. The quantitative estimate of drug-likeness (QED) is 0.332. The second kappa shape index (κ2) is 10.0. The van der Waals surface area contributed by atoms with Gasteiger partial charge in [0.1, 0.15) is 17.9 Å². The van der Waals surface area contributed by atoms with Gasteiger partial charge in [0.2, 0.25) is 0 Å². The van der Waals surface area contributed by atoms with E-state index in [0.717, 1.165) is 16.0 Å². The predicted octanol–water partition coefficient (Wildman–Crippen LogP) is 4.03. The van der Waals surface area contributed by atoms with Crippen molar-refractivity contribution in [2.45, 2.75) is 13.5 Å². The van der Waals surface area contributed by atoms with E-state index >= 15 is 0 Å². The van der Waals surface area contributed by atoms with Crippen LogP contribution >= 0.6 is 0 Å². The van der Waals surface area contributed by atoms with Crippen LogP contribution in [0.4, 0.5) is 10.5 Å². The molecule has 0 aliphatic carbocycles. The number of rotatable bonds is 6. The van der Waals surface area contributed by atoms with E-state index in [9.17, 15) is 19.2 Å². The highest BCUT2D eigenvalue weighted by Crippen LogP contribution is 2.26. The van der Waals surface area contributed by atoms with E-state index in [1.165, 1.54) is 37.5 Å². The Morgan fingerprint density at radius 2 is 1.63 bits per heavy atom. The molecule has 1 fully saturated rings. The van der Waals surface area contributed by atoms with Gasteiger partial charge in [-0.3, -0.25) is 14.9 Å². The van der Waals surface area contributed by atoms with Crippen LogP contribution in [0.5, 0.6) is 5.75 Å². The number of hydrogen-bond donors (Lipinski definition) is 1. The maximum Gasteiger partial charge on any atom is 0.337 e. The summed E-state index contributed by atoms with van der Waals surface area (Å²) in [5.41, 5.74) is 2.84. The number of imide groups is 2. The Morgan fingerprint density at radius 3 is 2.31 bits per heavy atom. The lowest BCUT2D eigenvalue weighted by atomic mass is 10.1. The number of esters is 1. The molecule has 0 aromatic heterocycles. The highest BCUT2D eigenvalue weighted by Gasteiger charge is 2.37. The van der Waals surface area contributed by atoms with E-state index in [4.69, 9.17) is 4.74 Å². The summed E-state index contributed by atoms with van der Waals surface area (Å²) < 4.78 is 10.6. The summed E-state index contributed by atoms with van der Waals surface area (Å²) in [5.74, 6) is -1.68.